The number of fused-ring (bicyclic) bond motifs is 3. The van der Waals surface area contributed by atoms with Crippen LogP contribution in [0.25, 0.3) is 38.8 Å². The molecule has 0 saturated carbocycles. The quantitative estimate of drug-likeness (QED) is 0.486. The highest BCUT2D eigenvalue weighted by molar-refractivity contribution is 6.03. The van der Waals surface area contributed by atoms with Crippen LogP contribution in [0.1, 0.15) is 0 Å². The van der Waals surface area contributed by atoms with Crippen LogP contribution >= 0.6 is 0 Å². The molecule has 5 rings (SSSR count). The molecule has 0 aliphatic carbocycles. The predicted octanol–water partition coefficient (Wildman–Crippen LogP) is 4.09. The van der Waals surface area contributed by atoms with E-state index in [4.69, 9.17) is 4.42 Å². The Balaban J connectivity index is 1.93. The Morgan fingerprint density at radius 2 is 1.48 bits per heavy atom. The first kappa shape index (κ1) is 15.4. The normalized spacial score (nSPS) is 11.3. The molecule has 1 N–H and O–H groups in total. The summed E-state index contributed by atoms with van der Waals surface area (Å²) in [7, 11) is 0. The molecule has 0 aliphatic heterocycles. The Kier molecular flexibility index (Phi) is 3.33. The molecule has 3 aromatic carbocycles. The van der Waals surface area contributed by atoms with Gasteiger partial charge in [0.15, 0.2) is 5.52 Å². The number of imidazole rings is 1. The van der Waals surface area contributed by atoms with Crippen molar-refractivity contribution < 1.29 is 4.42 Å². The van der Waals surface area contributed by atoms with Gasteiger partial charge in [0, 0.05) is 5.39 Å². The van der Waals surface area contributed by atoms with Crippen LogP contribution in [-0.4, -0.2) is 9.55 Å². The summed E-state index contributed by atoms with van der Waals surface area (Å²) >= 11 is 0. The largest absolute Gasteiger partial charge is 0.421 e. The van der Waals surface area contributed by atoms with Crippen LogP contribution in [0.15, 0.2) is 92.9 Å². The SMILES string of the molecule is O=c1oc2ccc(-c3ccccc3)cc2c2c1[nH]c(=O)n2-c1ccccc1. The lowest BCUT2D eigenvalue weighted by Gasteiger charge is -2.07. The average Bonchev–Trinajstić information content (AvgIpc) is 3.07. The second kappa shape index (κ2) is 5.85. The number of hydrogen-bond acceptors (Lipinski definition) is 3. The summed E-state index contributed by atoms with van der Waals surface area (Å²) in [6.07, 6.45) is 0. The highest BCUT2D eigenvalue weighted by Gasteiger charge is 2.17. The van der Waals surface area contributed by atoms with Gasteiger partial charge in [0.05, 0.1) is 11.2 Å². The number of hydrogen-bond donors (Lipinski definition) is 1. The van der Waals surface area contributed by atoms with Crippen molar-refractivity contribution in [3.8, 4) is 16.8 Å². The minimum atomic E-state index is -0.559. The Morgan fingerprint density at radius 1 is 0.778 bits per heavy atom. The summed E-state index contributed by atoms with van der Waals surface area (Å²) in [6, 6.07) is 24.8. The van der Waals surface area contributed by atoms with E-state index >= 15 is 0 Å². The molecule has 0 atom stereocenters. The highest BCUT2D eigenvalue weighted by atomic mass is 16.4. The number of aromatic nitrogens is 2. The second-order valence-corrected chi connectivity index (χ2v) is 6.29. The molecule has 0 spiro atoms. The molecular formula is C22H14N2O3. The Bertz CT molecular complexity index is 1390. The van der Waals surface area contributed by atoms with Crippen LogP contribution in [0.3, 0.4) is 0 Å². The van der Waals surface area contributed by atoms with Crippen molar-refractivity contribution in [1.82, 2.24) is 9.55 Å². The van der Waals surface area contributed by atoms with E-state index in [1.54, 1.807) is 6.07 Å². The van der Waals surface area contributed by atoms with E-state index in [0.29, 0.717) is 22.2 Å². The number of aromatic amines is 1. The fourth-order valence-corrected chi connectivity index (χ4v) is 3.43. The summed E-state index contributed by atoms with van der Waals surface area (Å²) in [5, 5.41) is 0.702. The van der Waals surface area contributed by atoms with Gasteiger partial charge in [-0.3, -0.25) is 9.55 Å². The first-order valence-corrected chi connectivity index (χ1v) is 8.55. The topological polar surface area (TPSA) is 68.0 Å². The summed E-state index contributed by atoms with van der Waals surface area (Å²) in [4.78, 5) is 27.7. The van der Waals surface area contributed by atoms with Crippen molar-refractivity contribution in [3.63, 3.8) is 0 Å². The molecule has 5 heteroatoms. The maximum Gasteiger partial charge on any atom is 0.362 e. The molecule has 2 aromatic heterocycles. The van der Waals surface area contributed by atoms with E-state index in [-0.39, 0.29) is 11.2 Å². The molecule has 0 unspecified atom stereocenters. The fraction of sp³-hybridized carbons (Fsp3) is 0. The van der Waals surface area contributed by atoms with E-state index in [0.717, 1.165) is 11.1 Å². The number of nitrogens with zero attached hydrogens (tertiary/aromatic N) is 1. The fourth-order valence-electron chi connectivity index (χ4n) is 3.43. The first-order valence-electron chi connectivity index (χ1n) is 8.55. The van der Waals surface area contributed by atoms with Gasteiger partial charge in [-0.2, -0.15) is 0 Å². The molecule has 2 heterocycles. The summed E-state index contributed by atoms with van der Waals surface area (Å²) in [5.41, 5.74) is 2.91. The van der Waals surface area contributed by atoms with Gasteiger partial charge in [-0.25, -0.2) is 9.59 Å². The van der Waals surface area contributed by atoms with E-state index in [9.17, 15) is 9.59 Å². The zero-order chi connectivity index (χ0) is 18.4. The molecule has 130 valence electrons. The van der Waals surface area contributed by atoms with Crippen LogP contribution in [0.5, 0.6) is 0 Å². The van der Waals surface area contributed by atoms with E-state index < -0.39 is 5.63 Å². The molecule has 27 heavy (non-hydrogen) atoms. The molecule has 5 aromatic rings. The monoisotopic (exact) mass is 354 g/mol. The van der Waals surface area contributed by atoms with Gasteiger partial charge in [-0.05, 0) is 35.4 Å². The van der Waals surface area contributed by atoms with Gasteiger partial charge >= 0.3 is 11.3 Å². The number of benzene rings is 3. The first-order chi connectivity index (χ1) is 13.2. The molecule has 0 fully saturated rings. The third-order valence-electron chi connectivity index (χ3n) is 4.66. The molecule has 0 aliphatic rings. The standard InChI is InChI=1S/C22H14N2O3/c25-21-19-20(24(22(26)23-19)16-9-5-2-6-10-16)17-13-15(11-12-18(17)27-21)14-7-3-1-4-8-14/h1-13H,(H,23,26). The molecule has 0 bridgehead atoms. The van der Waals surface area contributed by atoms with Crippen LogP contribution < -0.4 is 11.3 Å². The van der Waals surface area contributed by atoms with Crippen molar-refractivity contribution in [1.29, 1.82) is 0 Å². The van der Waals surface area contributed by atoms with Crippen LogP contribution in [0.4, 0.5) is 0 Å². The van der Waals surface area contributed by atoms with Crippen molar-refractivity contribution >= 4 is 22.0 Å². The molecule has 0 radical (unpaired) electrons. The number of H-pyrrole nitrogens is 1. The molecule has 0 amide bonds. The lowest BCUT2D eigenvalue weighted by Crippen LogP contribution is -2.14. The minimum Gasteiger partial charge on any atom is -0.421 e. The molecular weight excluding hydrogens is 340 g/mol. The summed E-state index contributed by atoms with van der Waals surface area (Å²) < 4.78 is 6.95. The van der Waals surface area contributed by atoms with Gasteiger partial charge in [-0.1, -0.05) is 54.6 Å². The highest BCUT2D eigenvalue weighted by Crippen LogP contribution is 2.28. The predicted molar refractivity (Wildman–Crippen MR) is 105 cm³/mol. The van der Waals surface area contributed by atoms with Gasteiger partial charge in [0.1, 0.15) is 5.58 Å². The van der Waals surface area contributed by atoms with Crippen molar-refractivity contribution in [2.24, 2.45) is 0 Å². The third kappa shape index (κ3) is 2.40. The number of nitrogens with one attached hydrogen (secondary N) is 1. The molecule has 0 saturated heterocycles. The van der Waals surface area contributed by atoms with Gasteiger partial charge in [0.2, 0.25) is 0 Å². The van der Waals surface area contributed by atoms with E-state index in [1.807, 2.05) is 72.8 Å². The Morgan fingerprint density at radius 3 is 2.22 bits per heavy atom. The van der Waals surface area contributed by atoms with Crippen molar-refractivity contribution in [2.75, 3.05) is 0 Å². The van der Waals surface area contributed by atoms with Gasteiger partial charge in [-0.15, -0.1) is 0 Å². The zero-order valence-electron chi connectivity index (χ0n) is 14.2. The summed E-state index contributed by atoms with van der Waals surface area (Å²) in [5.74, 6) is 0. The van der Waals surface area contributed by atoms with Crippen LogP contribution in [-0.2, 0) is 0 Å². The Hall–Kier alpha value is -3.86. The lowest BCUT2D eigenvalue weighted by molar-refractivity contribution is 0.568. The minimum absolute atomic E-state index is 0.168. The summed E-state index contributed by atoms with van der Waals surface area (Å²) in [6.45, 7) is 0. The van der Waals surface area contributed by atoms with Gasteiger partial charge in [0.25, 0.3) is 0 Å². The van der Waals surface area contributed by atoms with E-state index in [1.165, 1.54) is 4.57 Å². The lowest BCUT2D eigenvalue weighted by atomic mass is 10.0. The average molecular weight is 354 g/mol. The van der Waals surface area contributed by atoms with Crippen LogP contribution in [0.2, 0.25) is 0 Å². The van der Waals surface area contributed by atoms with Gasteiger partial charge < -0.3 is 4.42 Å². The molecule has 5 nitrogen and oxygen atoms in total. The third-order valence-corrected chi connectivity index (χ3v) is 4.66. The second-order valence-electron chi connectivity index (χ2n) is 6.29. The maximum atomic E-state index is 12.6. The zero-order valence-corrected chi connectivity index (χ0v) is 14.2. The smallest absolute Gasteiger partial charge is 0.362 e. The van der Waals surface area contributed by atoms with Crippen molar-refractivity contribution in [2.45, 2.75) is 0 Å². The number of para-hydroxylation sites is 1. The maximum absolute atomic E-state index is 12.6. The Labute approximate surface area is 153 Å². The van der Waals surface area contributed by atoms with Crippen LogP contribution in [0, 0.1) is 0 Å². The van der Waals surface area contributed by atoms with Crippen molar-refractivity contribution in [3.05, 3.63) is 99.8 Å². The van der Waals surface area contributed by atoms with E-state index in [2.05, 4.69) is 4.98 Å². The number of rotatable bonds is 2.